The van der Waals surface area contributed by atoms with Crippen molar-refractivity contribution in [2.75, 3.05) is 11.9 Å². The van der Waals surface area contributed by atoms with Gasteiger partial charge in [0.05, 0.1) is 10.2 Å². The summed E-state index contributed by atoms with van der Waals surface area (Å²) in [7, 11) is 0. The molecule has 5 rings (SSSR count). The SMILES string of the molecule is O=C(COC(=O)/C=C/c1nc2ccccc2s1)Nc1ccc2c(c1)C(=O)c1ccccc1C2=O. The van der Waals surface area contributed by atoms with Crippen molar-refractivity contribution in [3.8, 4) is 0 Å². The van der Waals surface area contributed by atoms with Crippen LogP contribution in [0, 0.1) is 0 Å². The van der Waals surface area contributed by atoms with Gasteiger partial charge in [0.2, 0.25) is 0 Å². The number of aromatic nitrogens is 1. The molecule has 1 aliphatic carbocycles. The van der Waals surface area contributed by atoms with Crippen LogP contribution >= 0.6 is 11.3 Å². The number of ketones is 2. The van der Waals surface area contributed by atoms with Crippen LogP contribution in [0.15, 0.2) is 72.8 Å². The van der Waals surface area contributed by atoms with Crippen molar-refractivity contribution in [3.05, 3.63) is 100 Å². The lowest BCUT2D eigenvalue weighted by Crippen LogP contribution is -2.23. The van der Waals surface area contributed by atoms with Crippen LogP contribution in [-0.2, 0) is 14.3 Å². The topological polar surface area (TPSA) is 102 Å². The normalized spacial score (nSPS) is 12.5. The second-order valence-electron chi connectivity index (χ2n) is 7.47. The maximum atomic E-state index is 12.8. The predicted octanol–water partition coefficient (Wildman–Crippen LogP) is 4.27. The van der Waals surface area contributed by atoms with E-state index < -0.39 is 18.5 Å². The molecular weight excluding hydrogens is 452 g/mol. The Balaban J connectivity index is 1.21. The van der Waals surface area contributed by atoms with E-state index in [9.17, 15) is 19.2 Å². The van der Waals surface area contributed by atoms with Gasteiger partial charge in [-0.05, 0) is 36.4 Å². The quantitative estimate of drug-likeness (QED) is 0.305. The van der Waals surface area contributed by atoms with E-state index in [0.29, 0.717) is 21.8 Å². The third-order valence-corrected chi connectivity index (χ3v) is 6.23. The molecule has 3 aromatic carbocycles. The summed E-state index contributed by atoms with van der Waals surface area (Å²) in [5.74, 6) is -1.78. The summed E-state index contributed by atoms with van der Waals surface area (Å²) in [6.45, 7) is -0.504. The molecule has 0 atom stereocenters. The first-order valence-electron chi connectivity index (χ1n) is 10.3. The van der Waals surface area contributed by atoms with Gasteiger partial charge in [-0.25, -0.2) is 9.78 Å². The molecule has 0 fully saturated rings. The predicted molar refractivity (Wildman–Crippen MR) is 128 cm³/mol. The molecule has 1 heterocycles. The molecule has 0 radical (unpaired) electrons. The van der Waals surface area contributed by atoms with E-state index in [-0.39, 0.29) is 22.7 Å². The minimum absolute atomic E-state index is 0.220. The third-order valence-electron chi connectivity index (χ3n) is 5.23. The van der Waals surface area contributed by atoms with Gasteiger partial charge in [0.25, 0.3) is 5.91 Å². The molecular formula is C26H16N2O5S. The third kappa shape index (κ3) is 4.14. The number of carbonyl (C=O) groups excluding carboxylic acids is 4. The van der Waals surface area contributed by atoms with Crippen LogP contribution in [0.5, 0.6) is 0 Å². The number of carbonyl (C=O) groups is 4. The van der Waals surface area contributed by atoms with Crippen LogP contribution in [-0.4, -0.2) is 35.0 Å². The van der Waals surface area contributed by atoms with Gasteiger partial charge in [-0.3, -0.25) is 14.4 Å². The van der Waals surface area contributed by atoms with E-state index in [4.69, 9.17) is 4.74 Å². The summed E-state index contributed by atoms with van der Waals surface area (Å²) in [6, 6.07) is 18.7. The Kier molecular flexibility index (Phi) is 5.57. The fourth-order valence-electron chi connectivity index (χ4n) is 3.66. The zero-order valence-corrected chi connectivity index (χ0v) is 18.4. The van der Waals surface area contributed by atoms with Gasteiger partial charge >= 0.3 is 5.97 Å². The van der Waals surface area contributed by atoms with Crippen LogP contribution in [0.25, 0.3) is 16.3 Å². The van der Waals surface area contributed by atoms with E-state index in [1.807, 2.05) is 24.3 Å². The highest BCUT2D eigenvalue weighted by molar-refractivity contribution is 7.19. The summed E-state index contributed by atoms with van der Waals surface area (Å²) in [5.41, 5.74) is 2.37. The molecule has 166 valence electrons. The fourth-order valence-corrected chi connectivity index (χ4v) is 4.53. The van der Waals surface area contributed by atoms with Crippen LogP contribution in [0.1, 0.15) is 36.9 Å². The Bertz CT molecular complexity index is 1490. The van der Waals surface area contributed by atoms with E-state index in [0.717, 1.165) is 10.2 Å². The largest absolute Gasteiger partial charge is 0.452 e. The first-order chi connectivity index (χ1) is 16.5. The Morgan fingerprint density at radius 3 is 2.32 bits per heavy atom. The van der Waals surface area contributed by atoms with Crippen molar-refractivity contribution in [2.24, 2.45) is 0 Å². The minimum atomic E-state index is -0.683. The second kappa shape index (κ2) is 8.84. The number of anilines is 1. The molecule has 4 aromatic rings. The van der Waals surface area contributed by atoms with Crippen molar-refractivity contribution in [1.29, 1.82) is 0 Å². The average molecular weight is 468 g/mol. The van der Waals surface area contributed by atoms with Gasteiger partial charge < -0.3 is 10.1 Å². The molecule has 0 bridgehead atoms. The number of hydrogen-bond donors (Lipinski definition) is 1. The monoisotopic (exact) mass is 468 g/mol. The minimum Gasteiger partial charge on any atom is -0.452 e. The zero-order chi connectivity index (χ0) is 23.7. The summed E-state index contributed by atoms with van der Waals surface area (Å²) in [5, 5.41) is 3.23. The first-order valence-corrected chi connectivity index (χ1v) is 11.1. The van der Waals surface area contributed by atoms with Gasteiger partial charge in [0.1, 0.15) is 5.01 Å². The van der Waals surface area contributed by atoms with E-state index in [2.05, 4.69) is 10.3 Å². The molecule has 0 saturated heterocycles. The number of benzene rings is 3. The number of hydrogen-bond acceptors (Lipinski definition) is 7. The lowest BCUT2D eigenvalue weighted by atomic mass is 9.84. The van der Waals surface area contributed by atoms with Gasteiger partial charge in [0.15, 0.2) is 18.2 Å². The molecule has 34 heavy (non-hydrogen) atoms. The molecule has 8 heteroatoms. The molecule has 0 aliphatic heterocycles. The van der Waals surface area contributed by atoms with Crippen molar-refractivity contribution in [3.63, 3.8) is 0 Å². The Morgan fingerprint density at radius 1 is 0.882 bits per heavy atom. The second-order valence-corrected chi connectivity index (χ2v) is 8.54. The number of para-hydroxylation sites is 1. The lowest BCUT2D eigenvalue weighted by Gasteiger charge is -2.18. The zero-order valence-electron chi connectivity index (χ0n) is 17.6. The maximum absolute atomic E-state index is 12.8. The summed E-state index contributed by atoms with van der Waals surface area (Å²) in [4.78, 5) is 54.1. The van der Waals surface area contributed by atoms with Crippen molar-refractivity contribution in [2.45, 2.75) is 0 Å². The number of thiazole rings is 1. The smallest absolute Gasteiger partial charge is 0.331 e. The Labute approximate surface area is 197 Å². The summed E-state index contributed by atoms with van der Waals surface area (Å²) in [6.07, 6.45) is 2.75. The number of nitrogens with one attached hydrogen (secondary N) is 1. The molecule has 0 saturated carbocycles. The highest BCUT2D eigenvalue weighted by Crippen LogP contribution is 2.29. The van der Waals surface area contributed by atoms with Gasteiger partial charge in [-0.1, -0.05) is 36.4 Å². The number of rotatable bonds is 5. The molecule has 1 aromatic heterocycles. The average Bonchev–Trinajstić information content (AvgIpc) is 3.28. The van der Waals surface area contributed by atoms with Crippen LogP contribution in [0.3, 0.4) is 0 Å². The molecule has 7 nitrogen and oxygen atoms in total. The van der Waals surface area contributed by atoms with Crippen molar-refractivity contribution < 1.29 is 23.9 Å². The maximum Gasteiger partial charge on any atom is 0.331 e. The standard InChI is InChI=1S/C26H16N2O5S/c29-22(14-33-24(30)12-11-23-28-20-7-3-4-8-21(20)34-23)27-15-9-10-18-19(13-15)26(32)17-6-2-1-5-16(17)25(18)31/h1-13H,14H2,(H,27,29)/b12-11+. The Hall–Kier alpha value is -4.43. The van der Waals surface area contributed by atoms with Crippen LogP contribution < -0.4 is 5.32 Å². The van der Waals surface area contributed by atoms with E-state index in [1.165, 1.54) is 41.7 Å². The molecule has 1 aliphatic rings. The molecule has 1 amide bonds. The molecule has 0 spiro atoms. The number of amides is 1. The highest BCUT2D eigenvalue weighted by atomic mass is 32.1. The summed E-state index contributed by atoms with van der Waals surface area (Å²) < 4.78 is 5.99. The number of nitrogens with zero attached hydrogens (tertiary/aromatic N) is 1. The number of ether oxygens (including phenoxy) is 1. The van der Waals surface area contributed by atoms with E-state index in [1.54, 1.807) is 24.3 Å². The van der Waals surface area contributed by atoms with Crippen molar-refractivity contribution >= 4 is 56.8 Å². The summed E-state index contributed by atoms with van der Waals surface area (Å²) >= 11 is 1.44. The molecule has 1 N–H and O–H groups in total. The molecule has 0 unspecified atom stereocenters. The fraction of sp³-hybridized carbons (Fsp3) is 0.0385. The number of esters is 1. The Morgan fingerprint density at radius 2 is 1.56 bits per heavy atom. The van der Waals surface area contributed by atoms with Gasteiger partial charge in [-0.15, -0.1) is 11.3 Å². The number of fused-ring (bicyclic) bond motifs is 3. The van der Waals surface area contributed by atoms with Gasteiger partial charge in [-0.2, -0.15) is 0 Å². The van der Waals surface area contributed by atoms with Gasteiger partial charge in [0, 0.05) is 34.0 Å². The first kappa shape index (κ1) is 21.4. The van der Waals surface area contributed by atoms with Crippen molar-refractivity contribution in [1.82, 2.24) is 4.98 Å². The van der Waals surface area contributed by atoms with Crippen LogP contribution in [0.4, 0.5) is 5.69 Å². The van der Waals surface area contributed by atoms with Crippen LogP contribution in [0.2, 0.25) is 0 Å². The lowest BCUT2D eigenvalue weighted by molar-refractivity contribution is -0.142. The highest BCUT2D eigenvalue weighted by Gasteiger charge is 2.29. The van der Waals surface area contributed by atoms with E-state index >= 15 is 0 Å².